The van der Waals surface area contributed by atoms with Crippen LogP contribution in [0.3, 0.4) is 0 Å². The van der Waals surface area contributed by atoms with Crippen LogP contribution in [0, 0.1) is 46.3 Å². The summed E-state index contributed by atoms with van der Waals surface area (Å²) in [5.74, 6) is 2.67. The van der Waals surface area contributed by atoms with E-state index in [1.165, 1.54) is 19.3 Å². The van der Waals surface area contributed by atoms with Gasteiger partial charge in [0.05, 0.1) is 30.5 Å². The largest absolute Gasteiger partial charge is 0.393 e. The summed E-state index contributed by atoms with van der Waals surface area (Å²) in [6, 6.07) is 0. The molecule has 5 nitrogen and oxygen atoms in total. The minimum Gasteiger partial charge on any atom is -0.393 e. The van der Waals surface area contributed by atoms with Gasteiger partial charge in [-0.3, -0.25) is 0 Å². The Balaban J connectivity index is 1.26. The van der Waals surface area contributed by atoms with E-state index >= 15 is 0 Å². The predicted molar refractivity (Wildman–Crippen MR) is 121 cm³/mol. The topological polar surface area (TPSA) is 79.2 Å². The maximum atomic E-state index is 11.2. The van der Waals surface area contributed by atoms with Gasteiger partial charge in [-0.15, -0.1) is 0 Å². The lowest BCUT2D eigenvalue weighted by Gasteiger charge is -2.62. The van der Waals surface area contributed by atoms with Crippen molar-refractivity contribution in [3.63, 3.8) is 0 Å². The molecule has 0 aromatic carbocycles. The number of ether oxygens (including phenoxy) is 2. The van der Waals surface area contributed by atoms with Gasteiger partial charge in [0.25, 0.3) is 0 Å². The average molecular weight is 449 g/mol. The molecule has 6 fully saturated rings. The van der Waals surface area contributed by atoms with Gasteiger partial charge in [0.2, 0.25) is 0 Å². The Morgan fingerprint density at radius 3 is 2.38 bits per heavy atom. The molecule has 2 heterocycles. The van der Waals surface area contributed by atoms with Gasteiger partial charge in [-0.25, -0.2) is 0 Å². The summed E-state index contributed by atoms with van der Waals surface area (Å²) in [7, 11) is 0. The van der Waals surface area contributed by atoms with Crippen LogP contribution in [0.1, 0.15) is 85.5 Å². The molecule has 2 aliphatic heterocycles. The van der Waals surface area contributed by atoms with E-state index in [0.717, 1.165) is 32.1 Å². The van der Waals surface area contributed by atoms with Gasteiger partial charge in [0, 0.05) is 12.3 Å². The van der Waals surface area contributed by atoms with E-state index in [2.05, 4.69) is 20.8 Å². The fourth-order valence-electron chi connectivity index (χ4n) is 10.3. The zero-order valence-corrected chi connectivity index (χ0v) is 20.4. The molecule has 0 amide bonds. The van der Waals surface area contributed by atoms with E-state index in [4.69, 9.17) is 9.47 Å². The summed E-state index contributed by atoms with van der Waals surface area (Å²) in [6.45, 7) is 9.46. The Hall–Kier alpha value is -0.200. The second-order valence-electron chi connectivity index (χ2n) is 13.5. The van der Waals surface area contributed by atoms with Crippen LogP contribution in [-0.4, -0.2) is 51.6 Å². The highest BCUT2D eigenvalue weighted by Crippen LogP contribution is 2.71. The molecule has 2 saturated heterocycles. The first kappa shape index (κ1) is 22.3. The van der Waals surface area contributed by atoms with Crippen LogP contribution in [0.15, 0.2) is 0 Å². The van der Waals surface area contributed by atoms with Crippen molar-refractivity contribution in [2.24, 2.45) is 46.3 Å². The van der Waals surface area contributed by atoms with Crippen LogP contribution < -0.4 is 0 Å². The molecule has 0 bridgehead atoms. The third-order valence-corrected chi connectivity index (χ3v) is 12.0. The van der Waals surface area contributed by atoms with Crippen molar-refractivity contribution in [2.45, 2.75) is 115 Å². The molecule has 182 valence electrons. The molecular formula is C27H44O5. The molecule has 3 N–H and O–H groups in total. The normalized spacial score (nSPS) is 64.0. The molecule has 0 unspecified atom stereocenters. The lowest BCUT2D eigenvalue weighted by Crippen LogP contribution is -2.59. The van der Waals surface area contributed by atoms with Crippen LogP contribution >= 0.6 is 0 Å². The molecule has 6 rings (SSSR count). The van der Waals surface area contributed by atoms with Gasteiger partial charge in [-0.05, 0) is 98.7 Å². The Morgan fingerprint density at radius 2 is 1.66 bits per heavy atom. The summed E-state index contributed by atoms with van der Waals surface area (Å²) in [5.41, 5.74) is -0.521. The highest BCUT2D eigenvalue weighted by atomic mass is 16.7. The summed E-state index contributed by atoms with van der Waals surface area (Å²) in [6.07, 6.45) is 8.39. The Kier molecular flexibility index (Phi) is 4.83. The van der Waals surface area contributed by atoms with Gasteiger partial charge in [0.1, 0.15) is 0 Å². The smallest absolute Gasteiger partial charge is 0.171 e. The molecule has 0 aromatic heterocycles. The van der Waals surface area contributed by atoms with E-state index in [1.807, 2.05) is 6.92 Å². The molecule has 0 aromatic rings. The zero-order valence-electron chi connectivity index (χ0n) is 20.4. The van der Waals surface area contributed by atoms with Crippen molar-refractivity contribution in [1.82, 2.24) is 0 Å². The molecule has 1 spiro atoms. The fraction of sp³-hybridized carbons (Fsp3) is 1.00. The Morgan fingerprint density at radius 1 is 0.875 bits per heavy atom. The van der Waals surface area contributed by atoms with Crippen LogP contribution in [0.2, 0.25) is 0 Å². The Bertz CT molecular complexity index is 757. The van der Waals surface area contributed by atoms with Crippen molar-refractivity contribution >= 4 is 0 Å². The van der Waals surface area contributed by atoms with Gasteiger partial charge in [-0.2, -0.15) is 0 Å². The maximum Gasteiger partial charge on any atom is 0.171 e. The molecule has 13 atom stereocenters. The lowest BCUT2D eigenvalue weighted by molar-refractivity contribution is -0.294. The van der Waals surface area contributed by atoms with Crippen LogP contribution in [-0.2, 0) is 9.47 Å². The van der Waals surface area contributed by atoms with Gasteiger partial charge >= 0.3 is 0 Å². The van der Waals surface area contributed by atoms with Gasteiger partial charge in [-0.1, -0.05) is 20.8 Å². The second kappa shape index (κ2) is 6.94. The lowest BCUT2D eigenvalue weighted by atomic mass is 9.43. The van der Waals surface area contributed by atoms with Gasteiger partial charge in [0.15, 0.2) is 5.79 Å². The zero-order chi connectivity index (χ0) is 22.7. The van der Waals surface area contributed by atoms with E-state index in [0.29, 0.717) is 48.5 Å². The molecule has 0 radical (unpaired) electrons. The van der Waals surface area contributed by atoms with Crippen molar-refractivity contribution < 1.29 is 24.8 Å². The number of aliphatic hydroxyl groups is 3. The molecule has 32 heavy (non-hydrogen) atoms. The maximum absolute atomic E-state index is 11.2. The number of aliphatic hydroxyl groups excluding tert-OH is 2. The SMILES string of the molecule is C[C@H]1[C@@H]2[C@@H](C[C@@H]3[C@@H]4CC[C@@H]5C[C@@H](O)C[C@@H](O)[C@@]5(C)[C@H]4CC[C@@]23C)O[C@@]12CC[C@](C)(O)CO2. The summed E-state index contributed by atoms with van der Waals surface area (Å²) < 4.78 is 13.1. The molecule has 5 heteroatoms. The molecular weight excluding hydrogens is 404 g/mol. The molecule has 4 saturated carbocycles. The van der Waals surface area contributed by atoms with Crippen molar-refractivity contribution in [1.29, 1.82) is 0 Å². The minimum atomic E-state index is -0.737. The summed E-state index contributed by atoms with van der Waals surface area (Å²) in [5, 5.41) is 31.9. The molecule has 4 aliphatic carbocycles. The number of rotatable bonds is 0. The quantitative estimate of drug-likeness (QED) is 0.524. The standard InChI is InChI=1S/C27H44O5/c1-15-23-21(32-27(15)10-9-24(2,30)14-31-27)13-20-18-6-5-16-11-17(28)12-22(29)26(16,4)19(18)7-8-25(20,23)3/h15-23,28-30H,5-14H2,1-4H3/t15-,16+,17+,18+,19-,20+,21+,22+,23+,24-,25+,26+,27-/m0/s1. The first-order valence-electron chi connectivity index (χ1n) is 13.4. The van der Waals surface area contributed by atoms with Crippen LogP contribution in [0.5, 0.6) is 0 Å². The summed E-state index contributed by atoms with van der Waals surface area (Å²) in [4.78, 5) is 0. The second-order valence-corrected chi connectivity index (χ2v) is 13.5. The van der Waals surface area contributed by atoms with Crippen molar-refractivity contribution in [3.8, 4) is 0 Å². The fourth-order valence-corrected chi connectivity index (χ4v) is 10.3. The number of fused-ring (bicyclic) bond motifs is 7. The third-order valence-electron chi connectivity index (χ3n) is 12.0. The molecule has 6 aliphatic rings. The van der Waals surface area contributed by atoms with Crippen molar-refractivity contribution in [2.75, 3.05) is 6.61 Å². The minimum absolute atomic E-state index is 0.0487. The first-order chi connectivity index (χ1) is 15.0. The number of hydrogen-bond acceptors (Lipinski definition) is 5. The van der Waals surface area contributed by atoms with Crippen LogP contribution in [0.4, 0.5) is 0 Å². The summed E-state index contributed by atoms with van der Waals surface area (Å²) >= 11 is 0. The third kappa shape index (κ3) is 2.81. The average Bonchev–Trinajstić information content (AvgIpc) is 3.17. The number of hydrogen-bond donors (Lipinski definition) is 3. The van der Waals surface area contributed by atoms with E-state index in [1.54, 1.807) is 0 Å². The van der Waals surface area contributed by atoms with Crippen molar-refractivity contribution in [3.05, 3.63) is 0 Å². The van der Waals surface area contributed by atoms with Crippen LogP contribution in [0.25, 0.3) is 0 Å². The first-order valence-corrected chi connectivity index (χ1v) is 13.4. The van der Waals surface area contributed by atoms with E-state index in [9.17, 15) is 15.3 Å². The predicted octanol–water partition coefficient (Wildman–Crippen LogP) is 3.88. The van der Waals surface area contributed by atoms with E-state index in [-0.39, 0.29) is 29.1 Å². The Labute approximate surface area is 193 Å². The van der Waals surface area contributed by atoms with E-state index < -0.39 is 11.4 Å². The highest BCUT2D eigenvalue weighted by molar-refractivity contribution is 5.16. The highest BCUT2D eigenvalue weighted by Gasteiger charge is 2.70. The van der Waals surface area contributed by atoms with Gasteiger partial charge < -0.3 is 24.8 Å². The monoisotopic (exact) mass is 448 g/mol.